The van der Waals surface area contributed by atoms with Crippen molar-refractivity contribution in [2.75, 3.05) is 4.90 Å². The van der Waals surface area contributed by atoms with Gasteiger partial charge in [-0.15, -0.1) is 0 Å². The van der Waals surface area contributed by atoms with Crippen LogP contribution in [-0.4, -0.2) is 0 Å². The first kappa shape index (κ1) is 31.5. The van der Waals surface area contributed by atoms with E-state index in [4.69, 9.17) is 0 Å². The summed E-state index contributed by atoms with van der Waals surface area (Å²) in [5.74, 6) is 0. The maximum Gasteiger partial charge on any atom is 0.0540 e. The second kappa shape index (κ2) is 11.7. The number of anilines is 3. The summed E-state index contributed by atoms with van der Waals surface area (Å²) in [7, 11) is 0. The Morgan fingerprint density at radius 3 is 1.34 bits per heavy atom. The number of rotatable bonds is 5. The van der Waals surface area contributed by atoms with Gasteiger partial charge in [-0.1, -0.05) is 173 Å². The summed E-state index contributed by atoms with van der Waals surface area (Å²) in [6, 6.07) is 65.3. The van der Waals surface area contributed by atoms with Crippen LogP contribution in [0.5, 0.6) is 0 Å². The number of nitrogens with zero attached hydrogens (tertiary/aromatic N) is 1. The fourth-order valence-corrected chi connectivity index (χ4v) is 9.45. The monoisotopic (exact) mass is 679 g/mol. The van der Waals surface area contributed by atoms with Crippen molar-refractivity contribution in [1.82, 2.24) is 0 Å². The highest BCUT2D eigenvalue weighted by atomic mass is 15.1. The van der Waals surface area contributed by atoms with Crippen molar-refractivity contribution in [2.24, 2.45) is 0 Å². The Balaban J connectivity index is 1.17. The summed E-state index contributed by atoms with van der Waals surface area (Å²) in [6.07, 6.45) is 0. The molecule has 0 N–H and O–H groups in total. The van der Waals surface area contributed by atoms with E-state index in [0.29, 0.717) is 0 Å². The molecule has 0 aromatic heterocycles. The fraction of sp³-hybridized carbons (Fsp3) is 0.115. The smallest absolute Gasteiger partial charge is 0.0540 e. The predicted octanol–water partition coefficient (Wildman–Crippen LogP) is 14.3. The third kappa shape index (κ3) is 4.70. The first-order chi connectivity index (χ1) is 25.8. The molecule has 2 aliphatic carbocycles. The molecule has 1 nitrogen and oxygen atoms in total. The van der Waals surface area contributed by atoms with E-state index in [2.05, 4.69) is 209 Å². The van der Waals surface area contributed by atoms with Crippen molar-refractivity contribution in [3.8, 4) is 44.5 Å². The average molecular weight is 680 g/mol. The molecule has 8 aromatic rings. The van der Waals surface area contributed by atoms with Crippen molar-refractivity contribution >= 4 is 27.8 Å². The minimum atomic E-state index is -0.0533. The van der Waals surface area contributed by atoms with Gasteiger partial charge in [-0.2, -0.15) is 0 Å². The molecule has 1 heteroatoms. The zero-order chi connectivity index (χ0) is 35.9. The van der Waals surface area contributed by atoms with Crippen LogP contribution in [0.2, 0.25) is 0 Å². The molecule has 0 radical (unpaired) electrons. The van der Waals surface area contributed by atoms with Gasteiger partial charge in [0, 0.05) is 27.6 Å². The maximum absolute atomic E-state index is 2.46. The summed E-state index contributed by atoms with van der Waals surface area (Å²) in [5, 5.41) is 2.44. The molecule has 0 saturated heterocycles. The zero-order valence-corrected chi connectivity index (χ0v) is 30.7. The standard InChI is InChI=1S/C52H41N/c1-51(2)44-27-9-7-23-42(44)49-40(25-14-29-46(49)51)35-18-11-20-37(32-35)53(48-31-13-17-34-16-5-6-22-39(34)48)38-21-12-19-36(33-38)41-26-15-30-47-50(41)43-24-8-10-28-45(43)52(47,3)4/h5-33H,1-4H3. The van der Waals surface area contributed by atoms with Gasteiger partial charge in [-0.05, 0) is 102 Å². The fourth-order valence-electron chi connectivity index (χ4n) is 9.45. The molecular weight excluding hydrogens is 639 g/mol. The van der Waals surface area contributed by atoms with E-state index >= 15 is 0 Å². The summed E-state index contributed by atoms with van der Waals surface area (Å²) >= 11 is 0. The molecule has 0 spiro atoms. The van der Waals surface area contributed by atoms with E-state index < -0.39 is 0 Å². The van der Waals surface area contributed by atoms with Gasteiger partial charge in [-0.3, -0.25) is 0 Å². The first-order valence-electron chi connectivity index (χ1n) is 18.8. The third-order valence-electron chi connectivity index (χ3n) is 12.1. The Labute approximate surface area is 312 Å². The average Bonchev–Trinajstić information content (AvgIpc) is 3.58. The Hall–Kier alpha value is -6.18. The molecule has 0 heterocycles. The predicted molar refractivity (Wildman–Crippen MR) is 225 cm³/mol. The van der Waals surface area contributed by atoms with Crippen LogP contribution < -0.4 is 4.90 Å². The number of fused-ring (bicyclic) bond motifs is 7. The van der Waals surface area contributed by atoms with Crippen LogP contribution >= 0.6 is 0 Å². The highest BCUT2D eigenvalue weighted by Gasteiger charge is 2.38. The Morgan fingerprint density at radius 1 is 0.358 bits per heavy atom. The van der Waals surface area contributed by atoms with Gasteiger partial charge in [0.25, 0.3) is 0 Å². The maximum atomic E-state index is 2.46. The lowest BCUT2D eigenvalue weighted by molar-refractivity contribution is 0.660. The SMILES string of the molecule is CC1(C)c2ccccc2-c2c(-c3cccc(N(c4cccc(-c5cccc6c5-c5ccccc5C6(C)C)c4)c4cccc5ccccc45)c3)cccc21. The lowest BCUT2D eigenvalue weighted by Gasteiger charge is -2.28. The molecule has 0 saturated carbocycles. The van der Waals surface area contributed by atoms with Crippen LogP contribution in [0.1, 0.15) is 49.9 Å². The number of hydrogen-bond acceptors (Lipinski definition) is 1. The molecule has 8 aromatic carbocycles. The van der Waals surface area contributed by atoms with Crippen molar-refractivity contribution in [3.05, 3.63) is 198 Å². The van der Waals surface area contributed by atoms with Crippen molar-refractivity contribution in [1.29, 1.82) is 0 Å². The minimum Gasteiger partial charge on any atom is -0.310 e. The van der Waals surface area contributed by atoms with Gasteiger partial charge in [0.2, 0.25) is 0 Å². The van der Waals surface area contributed by atoms with Gasteiger partial charge < -0.3 is 4.90 Å². The third-order valence-corrected chi connectivity index (χ3v) is 12.1. The van der Waals surface area contributed by atoms with Crippen LogP contribution in [0, 0.1) is 0 Å². The largest absolute Gasteiger partial charge is 0.310 e. The molecule has 0 bridgehead atoms. The minimum absolute atomic E-state index is 0.0533. The second-order valence-electron chi connectivity index (χ2n) is 15.7. The van der Waals surface area contributed by atoms with E-state index in [1.54, 1.807) is 0 Å². The first-order valence-corrected chi connectivity index (χ1v) is 18.8. The Bertz CT molecular complexity index is 2590. The second-order valence-corrected chi connectivity index (χ2v) is 15.7. The molecule has 0 atom stereocenters. The quantitative estimate of drug-likeness (QED) is 0.175. The molecular formula is C52H41N. The van der Waals surface area contributed by atoms with E-state index in [1.807, 2.05) is 0 Å². The van der Waals surface area contributed by atoms with Gasteiger partial charge in [0.15, 0.2) is 0 Å². The molecule has 0 fully saturated rings. The molecule has 10 rings (SSSR count). The van der Waals surface area contributed by atoms with Crippen LogP contribution in [-0.2, 0) is 10.8 Å². The lowest BCUT2D eigenvalue weighted by atomic mass is 9.82. The summed E-state index contributed by atoms with van der Waals surface area (Å²) < 4.78 is 0. The Kier molecular flexibility index (Phi) is 6.94. The number of hydrogen-bond donors (Lipinski definition) is 0. The van der Waals surface area contributed by atoms with Gasteiger partial charge in [0.05, 0.1) is 5.69 Å². The van der Waals surface area contributed by atoms with E-state index in [0.717, 1.165) is 17.1 Å². The molecule has 0 unspecified atom stereocenters. The Morgan fingerprint density at radius 2 is 0.774 bits per heavy atom. The van der Waals surface area contributed by atoms with Crippen molar-refractivity contribution in [2.45, 2.75) is 38.5 Å². The normalized spacial score (nSPS) is 14.3. The van der Waals surface area contributed by atoms with Crippen LogP contribution in [0.4, 0.5) is 17.1 Å². The van der Waals surface area contributed by atoms with Crippen LogP contribution in [0.25, 0.3) is 55.3 Å². The molecule has 53 heavy (non-hydrogen) atoms. The summed E-state index contributed by atoms with van der Waals surface area (Å²) in [4.78, 5) is 2.46. The highest BCUT2D eigenvalue weighted by Crippen LogP contribution is 2.54. The van der Waals surface area contributed by atoms with Gasteiger partial charge in [0.1, 0.15) is 0 Å². The summed E-state index contributed by atoms with van der Waals surface area (Å²) in [6.45, 7) is 9.42. The number of benzene rings is 8. The van der Waals surface area contributed by atoms with Crippen molar-refractivity contribution < 1.29 is 0 Å². The van der Waals surface area contributed by atoms with E-state index in [1.165, 1.54) is 77.5 Å². The van der Waals surface area contributed by atoms with Gasteiger partial charge >= 0.3 is 0 Å². The molecule has 2 aliphatic rings. The molecule has 254 valence electrons. The van der Waals surface area contributed by atoms with Crippen LogP contribution in [0.15, 0.2) is 176 Å². The van der Waals surface area contributed by atoms with E-state index in [-0.39, 0.29) is 10.8 Å². The lowest BCUT2D eigenvalue weighted by Crippen LogP contribution is -2.14. The topological polar surface area (TPSA) is 3.24 Å². The van der Waals surface area contributed by atoms with Crippen LogP contribution in [0.3, 0.4) is 0 Å². The molecule has 0 amide bonds. The highest BCUT2D eigenvalue weighted by molar-refractivity contribution is 6.01. The molecule has 0 aliphatic heterocycles. The van der Waals surface area contributed by atoms with E-state index in [9.17, 15) is 0 Å². The van der Waals surface area contributed by atoms with Crippen molar-refractivity contribution in [3.63, 3.8) is 0 Å². The zero-order valence-electron chi connectivity index (χ0n) is 30.7. The summed E-state index contributed by atoms with van der Waals surface area (Å²) in [5.41, 5.74) is 19.2. The van der Waals surface area contributed by atoms with Gasteiger partial charge in [-0.25, -0.2) is 0 Å².